The SMILES string of the molecule is CC(C)NCc1ccccc1N1CCN(S(C)(=O)=O)CC1. The molecular formula is C15H25N3O2S. The van der Waals surface area contributed by atoms with Crippen LogP contribution < -0.4 is 10.2 Å². The first kappa shape index (κ1) is 16.3. The fraction of sp³-hybridized carbons (Fsp3) is 0.600. The lowest BCUT2D eigenvalue weighted by atomic mass is 10.1. The summed E-state index contributed by atoms with van der Waals surface area (Å²) in [6, 6.07) is 8.78. The second-order valence-corrected chi connectivity index (χ2v) is 7.80. The van der Waals surface area contributed by atoms with E-state index in [2.05, 4.69) is 36.2 Å². The summed E-state index contributed by atoms with van der Waals surface area (Å²) in [5.74, 6) is 0. The molecule has 1 aliphatic heterocycles. The van der Waals surface area contributed by atoms with Crippen molar-refractivity contribution in [3.05, 3.63) is 29.8 Å². The molecule has 1 saturated heterocycles. The van der Waals surface area contributed by atoms with Crippen molar-refractivity contribution in [2.75, 3.05) is 37.3 Å². The highest BCUT2D eigenvalue weighted by Crippen LogP contribution is 2.22. The zero-order chi connectivity index (χ0) is 15.5. The first-order valence-electron chi connectivity index (χ1n) is 7.39. The number of benzene rings is 1. The molecule has 118 valence electrons. The van der Waals surface area contributed by atoms with E-state index in [1.54, 1.807) is 4.31 Å². The Hall–Kier alpha value is -1.11. The van der Waals surface area contributed by atoms with Gasteiger partial charge in [0.15, 0.2) is 0 Å². The van der Waals surface area contributed by atoms with E-state index in [0.717, 1.165) is 19.6 Å². The predicted octanol–water partition coefficient (Wildman–Crippen LogP) is 1.27. The van der Waals surface area contributed by atoms with Crippen LogP contribution in [0.2, 0.25) is 0 Å². The van der Waals surface area contributed by atoms with Gasteiger partial charge in [0.1, 0.15) is 0 Å². The molecule has 0 unspecified atom stereocenters. The van der Waals surface area contributed by atoms with Crippen LogP contribution in [0.4, 0.5) is 5.69 Å². The molecule has 1 N–H and O–H groups in total. The molecule has 2 rings (SSSR count). The van der Waals surface area contributed by atoms with Crippen LogP contribution in [-0.2, 0) is 16.6 Å². The third-order valence-electron chi connectivity index (χ3n) is 3.74. The lowest BCUT2D eigenvalue weighted by Gasteiger charge is -2.35. The third kappa shape index (κ3) is 4.43. The summed E-state index contributed by atoms with van der Waals surface area (Å²) < 4.78 is 24.7. The molecule has 1 aliphatic rings. The quantitative estimate of drug-likeness (QED) is 0.890. The van der Waals surface area contributed by atoms with Crippen LogP contribution in [-0.4, -0.2) is 51.2 Å². The molecule has 1 aromatic rings. The highest BCUT2D eigenvalue weighted by Gasteiger charge is 2.24. The molecule has 5 nitrogen and oxygen atoms in total. The Morgan fingerprint density at radius 2 is 1.76 bits per heavy atom. The van der Waals surface area contributed by atoms with Crippen molar-refractivity contribution in [3.8, 4) is 0 Å². The van der Waals surface area contributed by atoms with E-state index in [-0.39, 0.29) is 0 Å². The van der Waals surface area contributed by atoms with Gasteiger partial charge in [-0.05, 0) is 11.6 Å². The summed E-state index contributed by atoms with van der Waals surface area (Å²) in [6.07, 6.45) is 1.28. The van der Waals surface area contributed by atoms with E-state index in [1.165, 1.54) is 17.5 Å². The number of anilines is 1. The average Bonchev–Trinajstić information content (AvgIpc) is 2.44. The van der Waals surface area contributed by atoms with E-state index in [0.29, 0.717) is 19.1 Å². The monoisotopic (exact) mass is 311 g/mol. The Kier molecular flexibility index (Phi) is 5.24. The summed E-state index contributed by atoms with van der Waals surface area (Å²) in [7, 11) is -3.07. The Labute approximate surface area is 128 Å². The highest BCUT2D eigenvalue weighted by molar-refractivity contribution is 7.88. The third-order valence-corrected chi connectivity index (χ3v) is 5.04. The van der Waals surface area contributed by atoms with E-state index in [1.807, 2.05) is 12.1 Å². The van der Waals surface area contributed by atoms with Crippen molar-refractivity contribution in [1.82, 2.24) is 9.62 Å². The van der Waals surface area contributed by atoms with Gasteiger partial charge in [0.25, 0.3) is 0 Å². The molecule has 6 heteroatoms. The normalized spacial score (nSPS) is 17.4. The minimum Gasteiger partial charge on any atom is -0.369 e. The molecule has 0 aliphatic carbocycles. The minimum atomic E-state index is -3.07. The molecule has 1 aromatic carbocycles. The van der Waals surface area contributed by atoms with Gasteiger partial charge in [0.05, 0.1) is 6.26 Å². The summed E-state index contributed by atoms with van der Waals surface area (Å²) in [5, 5.41) is 3.44. The lowest BCUT2D eigenvalue weighted by Crippen LogP contribution is -2.48. The first-order chi connectivity index (χ1) is 9.88. The topological polar surface area (TPSA) is 52.6 Å². The average molecular weight is 311 g/mol. The number of rotatable bonds is 5. The molecule has 1 heterocycles. The molecule has 21 heavy (non-hydrogen) atoms. The van der Waals surface area contributed by atoms with Crippen LogP contribution in [0.15, 0.2) is 24.3 Å². The molecule has 0 spiro atoms. The number of sulfonamides is 1. The van der Waals surface area contributed by atoms with E-state index in [9.17, 15) is 8.42 Å². The van der Waals surface area contributed by atoms with Gasteiger partial charge in [-0.1, -0.05) is 32.0 Å². The van der Waals surface area contributed by atoms with Crippen LogP contribution in [0, 0.1) is 0 Å². The Morgan fingerprint density at radius 3 is 2.33 bits per heavy atom. The van der Waals surface area contributed by atoms with Gasteiger partial charge >= 0.3 is 0 Å². The largest absolute Gasteiger partial charge is 0.369 e. The van der Waals surface area contributed by atoms with Crippen molar-refractivity contribution in [3.63, 3.8) is 0 Å². The maximum Gasteiger partial charge on any atom is 0.211 e. The first-order valence-corrected chi connectivity index (χ1v) is 9.24. The zero-order valence-electron chi connectivity index (χ0n) is 13.0. The van der Waals surface area contributed by atoms with Crippen molar-refractivity contribution >= 4 is 15.7 Å². The Morgan fingerprint density at radius 1 is 1.14 bits per heavy atom. The molecule has 1 fully saturated rings. The number of nitrogens with one attached hydrogen (secondary N) is 1. The fourth-order valence-corrected chi connectivity index (χ4v) is 3.37. The Bertz CT molecular complexity index is 564. The number of nitrogens with zero attached hydrogens (tertiary/aromatic N) is 2. The van der Waals surface area contributed by atoms with Gasteiger partial charge in [0, 0.05) is 44.5 Å². The summed E-state index contributed by atoms with van der Waals surface area (Å²) in [4.78, 5) is 2.28. The van der Waals surface area contributed by atoms with E-state index in [4.69, 9.17) is 0 Å². The second kappa shape index (κ2) is 6.77. The molecule has 0 bridgehead atoms. The Balaban J connectivity index is 2.06. The number of hydrogen-bond donors (Lipinski definition) is 1. The van der Waals surface area contributed by atoms with Gasteiger partial charge in [-0.25, -0.2) is 8.42 Å². The van der Waals surface area contributed by atoms with Gasteiger partial charge in [0.2, 0.25) is 10.0 Å². The predicted molar refractivity (Wildman–Crippen MR) is 87.0 cm³/mol. The number of hydrogen-bond acceptors (Lipinski definition) is 4. The fourth-order valence-electron chi connectivity index (χ4n) is 2.54. The van der Waals surface area contributed by atoms with Gasteiger partial charge < -0.3 is 10.2 Å². The van der Waals surface area contributed by atoms with Crippen LogP contribution >= 0.6 is 0 Å². The number of para-hydroxylation sites is 1. The van der Waals surface area contributed by atoms with Crippen molar-refractivity contribution in [1.29, 1.82) is 0 Å². The molecular weight excluding hydrogens is 286 g/mol. The summed E-state index contributed by atoms with van der Waals surface area (Å²) >= 11 is 0. The van der Waals surface area contributed by atoms with Crippen LogP contribution in [0.25, 0.3) is 0 Å². The molecule has 0 saturated carbocycles. The highest BCUT2D eigenvalue weighted by atomic mass is 32.2. The summed E-state index contributed by atoms with van der Waals surface area (Å²) in [5.41, 5.74) is 2.47. The molecule has 0 radical (unpaired) electrons. The van der Waals surface area contributed by atoms with Gasteiger partial charge in [-0.15, -0.1) is 0 Å². The molecule has 0 amide bonds. The summed E-state index contributed by atoms with van der Waals surface area (Å²) in [6.45, 7) is 7.70. The maximum atomic E-state index is 11.6. The van der Waals surface area contributed by atoms with Gasteiger partial charge in [-0.3, -0.25) is 0 Å². The smallest absolute Gasteiger partial charge is 0.211 e. The van der Waals surface area contributed by atoms with Gasteiger partial charge in [-0.2, -0.15) is 4.31 Å². The minimum absolute atomic E-state index is 0.445. The number of piperazine rings is 1. The molecule has 0 aromatic heterocycles. The van der Waals surface area contributed by atoms with Crippen LogP contribution in [0.5, 0.6) is 0 Å². The van der Waals surface area contributed by atoms with Crippen LogP contribution in [0.3, 0.4) is 0 Å². The van der Waals surface area contributed by atoms with E-state index < -0.39 is 10.0 Å². The van der Waals surface area contributed by atoms with Crippen molar-refractivity contribution in [2.45, 2.75) is 26.4 Å². The second-order valence-electron chi connectivity index (χ2n) is 5.81. The maximum absolute atomic E-state index is 11.6. The molecule has 0 atom stereocenters. The standard InChI is InChI=1S/C15H25N3O2S/c1-13(2)16-12-14-6-4-5-7-15(14)17-8-10-18(11-9-17)21(3,19)20/h4-7,13,16H,8-12H2,1-3H3. The lowest BCUT2D eigenvalue weighted by molar-refractivity contribution is 0.387. The van der Waals surface area contributed by atoms with Crippen molar-refractivity contribution in [2.24, 2.45) is 0 Å². The van der Waals surface area contributed by atoms with E-state index >= 15 is 0 Å². The van der Waals surface area contributed by atoms with Crippen molar-refractivity contribution < 1.29 is 8.42 Å². The zero-order valence-corrected chi connectivity index (χ0v) is 13.9. The van der Waals surface area contributed by atoms with Crippen LogP contribution in [0.1, 0.15) is 19.4 Å².